The van der Waals surface area contributed by atoms with E-state index >= 15 is 0 Å². The maximum absolute atomic E-state index is 13.8. The highest BCUT2D eigenvalue weighted by Crippen LogP contribution is 2.23. The van der Waals surface area contributed by atoms with Crippen LogP contribution in [0.3, 0.4) is 0 Å². The Morgan fingerprint density at radius 1 is 1.16 bits per heavy atom. The molecule has 1 unspecified atom stereocenters. The first-order valence-corrected chi connectivity index (χ1v) is 9.86. The van der Waals surface area contributed by atoms with Crippen LogP contribution in [0.15, 0.2) is 48.5 Å². The van der Waals surface area contributed by atoms with Crippen molar-refractivity contribution < 1.29 is 17.6 Å². The maximum atomic E-state index is 13.8. The molecule has 0 saturated carbocycles. The number of amides is 1. The summed E-state index contributed by atoms with van der Waals surface area (Å²) >= 11 is 5.87. The van der Waals surface area contributed by atoms with Gasteiger partial charge in [-0.25, -0.2) is 12.8 Å². The van der Waals surface area contributed by atoms with E-state index in [1.54, 1.807) is 0 Å². The summed E-state index contributed by atoms with van der Waals surface area (Å²) in [4.78, 5) is 12.1. The predicted octanol–water partition coefficient (Wildman–Crippen LogP) is 3.14. The Kier molecular flexibility index (Phi) is 6.56. The highest BCUT2D eigenvalue weighted by Gasteiger charge is 2.29. The minimum atomic E-state index is -3.89. The second-order valence-corrected chi connectivity index (χ2v) is 8.40. The molecule has 1 amide bonds. The van der Waals surface area contributed by atoms with Gasteiger partial charge in [0, 0.05) is 17.1 Å². The molecule has 2 rings (SSSR count). The van der Waals surface area contributed by atoms with Crippen molar-refractivity contribution in [1.82, 2.24) is 5.32 Å². The second kappa shape index (κ2) is 8.45. The lowest BCUT2D eigenvalue weighted by Gasteiger charge is -2.14. The topological polar surface area (TPSA) is 63.2 Å². The Labute approximate surface area is 151 Å². The molecule has 25 heavy (non-hydrogen) atoms. The monoisotopic (exact) mass is 383 g/mol. The summed E-state index contributed by atoms with van der Waals surface area (Å²) < 4.78 is 38.6. The van der Waals surface area contributed by atoms with E-state index in [0.29, 0.717) is 13.0 Å². The van der Waals surface area contributed by atoms with Crippen LogP contribution in [0.25, 0.3) is 0 Å². The third-order valence-corrected chi connectivity index (χ3v) is 6.21. The summed E-state index contributed by atoms with van der Waals surface area (Å²) in [5, 5.41) is 1.34. The molecule has 134 valence electrons. The van der Waals surface area contributed by atoms with Crippen LogP contribution in [0.1, 0.15) is 18.1 Å². The molecule has 0 aromatic heterocycles. The number of sulfone groups is 1. The summed E-state index contributed by atoms with van der Waals surface area (Å²) in [6.07, 6.45) is 0.596. The molecule has 0 aliphatic rings. The molecule has 0 fully saturated rings. The zero-order valence-corrected chi connectivity index (χ0v) is 15.3. The van der Waals surface area contributed by atoms with Gasteiger partial charge in [0.05, 0.1) is 5.75 Å². The van der Waals surface area contributed by atoms with Crippen molar-refractivity contribution in [3.05, 3.63) is 70.5 Å². The molecular weight excluding hydrogens is 365 g/mol. The summed E-state index contributed by atoms with van der Waals surface area (Å²) in [5.74, 6) is -1.93. The highest BCUT2D eigenvalue weighted by atomic mass is 35.5. The largest absolute Gasteiger partial charge is 0.355 e. The first kappa shape index (κ1) is 19.4. The van der Waals surface area contributed by atoms with Crippen molar-refractivity contribution in [2.24, 2.45) is 0 Å². The Balaban J connectivity index is 1.97. The van der Waals surface area contributed by atoms with E-state index in [1.165, 1.54) is 19.1 Å². The molecular formula is C18H19ClFNO3S. The third kappa shape index (κ3) is 5.28. The number of halogens is 2. The first-order chi connectivity index (χ1) is 11.8. The molecule has 2 aromatic rings. The molecule has 1 atom stereocenters. The van der Waals surface area contributed by atoms with E-state index in [1.807, 2.05) is 30.3 Å². The average Bonchev–Trinajstić information content (AvgIpc) is 2.58. The van der Waals surface area contributed by atoms with Crippen molar-refractivity contribution in [2.75, 3.05) is 6.54 Å². The van der Waals surface area contributed by atoms with Gasteiger partial charge in [0.25, 0.3) is 0 Å². The van der Waals surface area contributed by atoms with E-state index in [0.717, 1.165) is 11.6 Å². The number of hydrogen-bond donors (Lipinski definition) is 1. The Bertz CT molecular complexity index is 820. The van der Waals surface area contributed by atoms with E-state index in [2.05, 4.69) is 5.32 Å². The van der Waals surface area contributed by atoms with Crippen molar-refractivity contribution >= 4 is 27.3 Å². The molecule has 0 aliphatic heterocycles. The number of rotatable bonds is 7. The van der Waals surface area contributed by atoms with Crippen LogP contribution in [0.4, 0.5) is 4.39 Å². The van der Waals surface area contributed by atoms with Gasteiger partial charge in [-0.05, 0) is 31.0 Å². The maximum Gasteiger partial charge on any atom is 0.238 e. The fourth-order valence-corrected chi connectivity index (χ4v) is 3.94. The van der Waals surface area contributed by atoms with Crippen molar-refractivity contribution in [1.29, 1.82) is 0 Å². The second-order valence-electron chi connectivity index (χ2n) is 5.68. The quantitative estimate of drug-likeness (QED) is 0.798. The minimum Gasteiger partial charge on any atom is -0.355 e. The highest BCUT2D eigenvalue weighted by molar-refractivity contribution is 7.92. The molecule has 0 spiro atoms. The number of benzene rings is 2. The van der Waals surface area contributed by atoms with E-state index in [4.69, 9.17) is 11.6 Å². The van der Waals surface area contributed by atoms with Crippen LogP contribution in [-0.2, 0) is 26.8 Å². The third-order valence-electron chi connectivity index (χ3n) is 3.87. The zero-order valence-electron chi connectivity index (χ0n) is 13.7. The van der Waals surface area contributed by atoms with Crippen molar-refractivity contribution in [3.63, 3.8) is 0 Å². The smallest absolute Gasteiger partial charge is 0.238 e. The van der Waals surface area contributed by atoms with Crippen LogP contribution < -0.4 is 5.32 Å². The fourth-order valence-electron chi connectivity index (χ4n) is 2.28. The lowest BCUT2D eigenvalue weighted by molar-refractivity contribution is -0.120. The van der Waals surface area contributed by atoms with Gasteiger partial charge in [0.1, 0.15) is 11.1 Å². The summed E-state index contributed by atoms with van der Waals surface area (Å²) in [7, 11) is -3.89. The normalized spacial score (nSPS) is 12.6. The van der Waals surface area contributed by atoms with Gasteiger partial charge in [0.15, 0.2) is 9.84 Å². The van der Waals surface area contributed by atoms with Crippen LogP contribution in [0, 0.1) is 5.82 Å². The van der Waals surface area contributed by atoms with Crippen LogP contribution in [-0.4, -0.2) is 26.1 Å². The number of carbonyl (C=O) groups is 1. The first-order valence-electron chi connectivity index (χ1n) is 7.77. The van der Waals surface area contributed by atoms with Gasteiger partial charge in [-0.2, -0.15) is 0 Å². The van der Waals surface area contributed by atoms with Gasteiger partial charge >= 0.3 is 0 Å². The Hall–Kier alpha value is -1.92. The van der Waals surface area contributed by atoms with E-state index in [-0.39, 0.29) is 10.6 Å². The summed E-state index contributed by atoms with van der Waals surface area (Å²) in [6, 6.07) is 13.5. The Morgan fingerprint density at radius 3 is 2.48 bits per heavy atom. The fraction of sp³-hybridized carbons (Fsp3) is 0.278. The van der Waals surface area contributed by atoms with Gasteiger partial charge in [-0.3, -0.25) is 4.79 Å². The molecule has 0 heterocycles. The molecule has 1 N–H and O–H groups in total. The van der Waals surface area contributed by atoms with Gasteiger partial charge in [0.2, 0.25) is 5.91 Å². The summed E-state index contributed by atoms with van der Waals surface area (Å²) in [5.41, 5.74) is 0.921. The summed E-state index contributed by atoms with van der Waals surface area (Å²) in [6.45, 7) is 1.62. The molecule has 0 bridgehead atoms. The SMILES string of the molecule is CC(C(=O)NCCc1ccccc1)S(=O)(=O)Cc1c(F)cccc1Cl. The predicted molar refractivity (Wildman–Crippen MR) is 96.7 cm³/mol. The zero-order chi connectivity index (χ0) is 18.4. The Morgan fingerprint density at radius 2 is 1.84 bits per heavy atom. The average molecular weight is 384 g/mol. The molecule has 0 radical (unpaired) electrons. The lowest BCUT2D eigenvalue weighted by Crippen LogP contribution is -2.39. The van der Waals surface area contributed by atoms with E-state index in [9.17, 15) is 17.6 Å². The number of carbonyl (C=O) groups excluding carboxylic acids is 1. The van der Waals surface area contributed by atoms with Crippen molar-refractivity contribution in [3.8, 4) is 0 Å². The molecule has 7 heteroatoms. The molecule has 0 saturated heterocycles. The van der Waals surface area contributed by atoms with Gasteiger partial charge in [-0.1, -0.05) is 48.0 Å². The van der Waals surface area contributed by atoms with E-state index < -0.39 is 32.6 Å². The van der Waals surface area contributed by atoms with Crippen LogP contribution in [0.2, 0.25) is 5.02 Å². The molecule has 4 nitrogen and oxygen atoms in total. The lowest BCUT2D eigenvalue weighted by atomic mass is 10.1. The molecule has 0 aliphatic carbocycles. The number of nitrogens with one attached hydrogen (secondary N) is 1. The number of hydrogen-bond acceptors (Lipinski definition) is 3. The van der Waals surface area contributed by atoms with Gasteiger partial charge < -0.3 is 5.32 Å². The van der Waals surface area contributed by atoms with Gasteiger partial charge in [-0.15, -0.1) is 0 Å². The molecule has 2 aromatic carbocycles. The van der Waals surface area contributed by atoms with Crippen molar-refractivity contribution in [2.45, 2.75) is 24.3 Å². The van der Waals surface area contributed by atoms with Crippen LogP contribution >= 0.6 is 11.6 Å². The van der Waals surface area contributed by atoms with Crippen LogP contribution in [0.5, 0.6) is 0 Å². The standard InChI is InChI=1S/C18H19ClFNO3S/c1-13(18(22)21-11-10-14-6-3-2-4-7-14)25(23,24)12-15-16(19)8-5-9-17(15)20/h2-9,13H,10-12H2,1H3,(H,21,22). The minimum absolute atomic E-state index is 0.0280.